The van der Waals surface area contributed by atoms with Gasteiger partial charge in [-0.3, -0.25) is 0 Å². The molecule has 5 heteroatoms. The highest BCUT2D eigenvalue weighted by molar-refractivity contribution is 9.10. The molecule has 0 aliphatic carbocycles. The van der Waals surface area contributed by atoms with Crippen LogP contribution in [0.1, 0.15) is 33.6 Å². The summed E-state index contributed by atoms with van der Waals surface area (Å²) < 4.78 is 0.980. The van der Waals surface area contributed by atoms with Gasteiger partial charge in [-0.1, -0.05) is 20.8 Å². The molecule has 0 saturated carbocycles. The molecule has 0 spiro atoms. The highest BCUT2D eigenvalue weighted by atomic mass is 79.9. The van der Waals surface area contributed by atoms with Crippen LogP contribution >= 0.6 is 27.7 Å². The van der Waals surface area contributed by atoms with Crippen LogP contribution in [0.15, 0.2) is 15.7 Å². The summed E-state index contributed by atoms with van der Waals surface area (Å²) in [6.07, 6.45) is 4.11. The molecule has 1 N–H and O–H groups in total. The van der Waals surface area contributed by atoms with Crippen LogP contribution in [0.4, 0.5) is 5.95 Å². The Morgan fingerprint density at radius 1 is 1.47 bits per heavy atom. The number of thioether (sulfide) groups is 1. The second-order valence-corrected chi connectivity index (χ2v) is 6.24. The van der Waals surface area contributed by atoms with Crippen molar-refractivity contribution in [3.63, 3.8) is 0 Å². The van der Waals surface area contributed by atoms with Gasteiger partial charge in [0.2, 0.25) is 5.95 Å². The summed E-state index contributed by atoms with van der Waals surface area (Å²) in [5.74, 6) is 2.56. The molecule has 1 heterocycles. The summed E-state index contributed by atoms with van der Waals surface area (Å²) in [5, 5.41) is 4.23. The predicted molar refractivity (Wildman–Crippen MR) is 78.7 cm³/mol. The Bertz CT molecular complexity index is 345. The van der Waals surface area contributed by atoms with E-state index in [1.807, 2.05) is 6.20 Å². The molecule has 0 fully saturated rings. The zero-order valence-electron chi connectivity index (χ0n) is 10.7. The zero-order valence-corrected chi connectivity index (χ0v) is 13.1. The van der Waals surface area contributed by atoms with Crippen molar-refractivity contribution in [1.82, 2.24) is 9.97 Å². The van der Waals surface area contributed by atoms with E-state index in [0.717, 1.165) is 40.1 Å². The minimum Gasteiger partial charge on any atom is -0.354 e. The van der Waals surface area contributed by atoms with Crippen molar-refractivity contribution in [1.29, 1.82) is 0 Å². The van der Waals surface area contributed by atoms with Gasteiger partial charge in [0.1, 0.15) is 5.03 Å². The summed E-state index contributed by atoms with van der Waals surface area (Å²) in [4.78, 5) is 8.74. The Kier molecular flexibility index (Phi) is 6.89. The number of nitrogens with one attached hydrogen (secondary N) is 1. The lowest BCUT2D eigenvalue weighted by Crippen LogP contribution is -2.04. The van der Waals surface area contributed by atoms with E-state index in [9.17, 15) is 0 Å². The Hall–Kier alpha value is -0.290. The molecule has 0 amide bonds. The van der Waals surface area contributed by atoms with Gasteiger partial charge < -0.3 is 5.32 Å². The second-order valence-electron chi connectivity index (χ2n) is 4.30. The van der Waals surface area contributed by atoms with E-state index in [2.05, 4.69) is 52.0 Å². The third-order valence-electron chi connectivity index (χ3n) is 2.18. The maximum atomic E-state index is 4.50. The first-order valence-corrected chi connectivity index (χ1v) is 7.80. The Morgan fingerprint density at radius 2 is 2.24 bits per heavy atom. The van der Waals surface area contributed by atoms with Gasteiger partial charge in [0, 0.05) is 12.7 Å². The van der Waals surface area contributed by atoms with E-state index in [1.54, 1.807) is 11.8 Å². The van der Waals surface area contributed by atoms with Crippen molar-refractivity contribution in [3.05, 3.63) is 10.7 Å². The first-order valence-electron chi connectivity index (χ1n) is 6.02. The largest absolute Gasteiger partial charge is 0.354 e. The highest BCUT2D eigenvalue weighted by Crippen LogP contribution is 2.26. The predicted octanol–water partition coefficient (Wildman–Crippen LogP) is 4.20. The summed E-state index contributed by atoms with van der Waals surface area (Å²) in [5.41, 5.74) is 0. The monoisotopic (exact) mass is 317 g/mol. The molecule has 1 aromatic rings. The highest BCUT2D eigenvalue weighted by Gasteiger charge is 2.06. The van der Waals surface area contributed by atoms with Gasteiger partial charge in [0.15, 0.2) is 0 Å². The molecule has 0 unspecified atom stereocenters. The standard InChI is InChI=1S/C12H20BrN3S/c1-4-6-14-12-15-8-10(13)11(16-12)17-7-5-9(2)3/h8-9H,4-7H2,1-3H3,(H,14,15,16). The summed E-state index contributed by atoms with van der Waals surface area (Å²) >= 11 is 5.28. The maximum Gasteiger partial charge on any atom is 0.223 e. The number of anilines is 1. The lowest BCUT2D eigenvalue weighted by atomic mass is 10.2. The van der Waals surface area contributed by atoms with E-state index in [-0.39, 0.29) is 0 Å². The fraction of sp³-hybridized carbons (Fsp3) is 0.667. The minimum atomic E-state index is 0.724. The first kappa shape index (κ1) is 14.8. The number of hydrogen-bond donors (Lipinski definition) is 1. The van der Waals surface area contributed by atoms with Crippen LogP contribution in [0.3, 0.4) is 0 Å². The normalized spacial score (nSPS) is 10.9. The van der Waals surface area contributed by atoms with Crippen molar-refractivity contribution >= 4 is 33.6 Å². The maximum absolute atomic E-state index is 4.50. The number of halogens is 1. The lowest BCUT2D eigenvalue weighted by molar-refractivity contribution is 0.632. The lowest BCUT2D eigenvalue weighted by Gasteiger charge is -2.08. The molecule has 0 bridgehead atoms. The fourth-order valence-corrected chi connectivity index (χ4v) is 2.82. The molecule has 17 heavy (non-hydrogen) atoms. The van der Waals surface area contributed by atoms with Crippen LogP contribution < -0.4 is 5.32 Å². The number of hydrogen-bond acceptors (Lipinski definition) is 4. The minimum absolute atomic E-state index is 0.724. The molecular weight excluding hydrogens is 298 g/mol. The van der Waals surface area contributed by atoms with Crippen LogP contribution in [0, 0.1) is 5.92 Å². The average Bonchev–Trinajstić information content (AvgIpc) is 2.29. The Morgan fingerprint density at radius 3 is 2.88 bits per heavy atom. The van der Waals surface area contributed by atoms with Crippen LogP contribution in [-0.4, -0.2) is 22.3 Å². The summed E-state index contributed by atoms with van der Waals surface area (Å²) in [6, 6.07) is 0. The average molecular weight is 318 g/mol. The quantitative estimate of drug-likeness (QED) is 0.604. The molecular formula is C12H20BrN3S. The van der Waals surface area contributed by atoms with Crippen molar-refractivity contribution in [2.24, 2.45) is 5.92 Å². The molecule has 0 aliphatic rings. The molecule has 0 radical (unpaired) electrons. The van der Waals surface area contributed by atoms with E-state index in [4.69, 9.17) is 0 Å². The topological polar surface area (TPSA) is 37.8 Å². The van der Waals surface area contributed by atoms with Crippen molar-refractivity contribution in [3.8, 4) is 0 Å². The molecule has 0 atom stereocenters. The van der Waals surface area contributed by atoms with Crippen LogP contribution in [0.25, 0.3) is 0 Å². The SMILES string of the molecule is CCCNc1ncc(Br)c(SCCC(C)C)n1. The van der Waals surface area contributed by atoms with Crippen molar-refractivity contribution in [2.45, 2.75) is 38.6 Å². The molecule has 96 valence electrons. The first-order chi connectivity index (χ1) is 8.13. The summed E-state index contributed by atoms with van der Waals surface area (Å²) in [7, 11) is 0. The van der Waals surface area contributed by atoms with Gasteiger partial charge in [0.25, 0.3) is 0 Å². The molecule has 1 rings (SSSR count). The summed E-state index contributed by atoms with van der Waals surface area (Å²) in [6.45, 7) is 7.52. The molecule has 3 nitrogen and oxygen atoms in total. The van der Waals surface area contributed by atoms with Gasteiger partial charge in [-0.15, -0.1) is 11.8 Å². The van der Waals surface area contributed by atoms with Gasteiger partial charge in [-0.25, -0.2) is 9.97 Å². The van der Waals surface area contributed by atoms with Gasteiger partial charge >= 0.3 is 0 Å². The van der Waals surface area contributed by atoms with Crippen LogP contribution in [-0.2, 0) is 0 Å². The van der Waals surface area contributed by atoms with E-state index in [1.165, 1.54) is 6.42 Å². The zero-order chi connectivity index (χ0) is 12.7. The van der Waals surface area contributed by atoms with Gasteiger partial charge in [-0.2, -0.15) is 0 Å². The Balaban J connectivity index is 2.56. The number of aromatic nitrogens is 2. The molecule has 0 aliphatic heterocycles. The molecule has 1 aromatic heterocycles. The van der Waals surface area contributed by atoms with Gasteiger partial charge in [0.05, 0.1) is 4.47 Å². The van der Waals surface area contributed by atoms with Crippen LogP contribution in [0.5, 0.6) is 0 Å². The second kappa shape index (κ2) is 7.93. The van der Waals surface area contributed by atoms with Crippen molar-refractivity contribution in [2.75, 3.05) is 17.6 Å². The third kappa shape index (κ3) is 5.73. The molecule has 0 aromatic carbocycles. The van der Waals surface area contributed by atoms with E-state index < -0.39 is 0 Å². The third-order valence-corrected chi connectivity index (χ3v) is 4.05. The van der Waals surface area contributed by atoms with E-state index >= 15 is 0 Å². The fourth-order valence-electron chi connectivity index (χ4n) is 1.17. The number of rotatable bonds is 7. The van der Waals surface area contributed by atoms with Crippen LogP contribution in [0.2, 0.25) is 0 Å². The Labute approximate surface area is 116 Å². The number of nitrogens with zero attached hydrogens (tertiary/aromatic N) is 2. The van der Waals surface area contributed by atoms with Crippen molar-refractivity contribution < 1.29 is 0 Å². The van der Waals surface area contributed by atoms with Gasteiger partial charge in [-0.05, 0) is 40.4 Å². The smallest absolute Gasteiger partial charge is 0.223 e. The molecule has 0 saturated heterocycles. The van der Waals surface area contributed by atoms with E-state index in [0.29, 0.717) is 0 Å².